The minimum Gasteiger partial charge on any atom is -0.493 e. The van der Waals surface area contributed by atoms with Gasteiger partial charge in [-0.3, -0.25) is 14.1 Å². The first kappa shape index (κ1) is 20.2. The largest absolute Gasteiger partial charge is 0.493 e. The normalized spacial score (nSPS) is 11.2. The molecule has 0 unspecified atom stereocenters. The van der Waals surface area contributed by atoms with Crippen LogP contribution < -0.4 is 15.0 Å². The van der Waals surface area contributed by atoms with Crippen molar-refractivity contribution in [1.82, 2.24) is 14.3 Å². The third-order valence-corrected chi connectivity index (χ3v) is 4.67. The maximum absolute atomic E-state index is 12.4. The molecule has 28 heavy (non-hydrogen) atoms. The highest BCUT2D eigenvalue weighted by molar-refractivity contribution is 6.30. The maximum atomic E-state index is 12.4. The van der Waals surface area contributed by atoms with Crippen molar-refractivity contribution in [1.29, 1.82) is 0 Å². The van der Waals surface area contributed by atoms with Gasteiger partial charge in [-0.25, -0.2) is 4.98 Å². The highest BCUT2D eigenvalue weighted by Gasteiger charge is 2.11. The molecule has 3 aromatic rings. The lowest BCUT2D eigenvalue weighted by molar-refractivity contribution is 0.266. The van der Waals surface area contributed by atoms with Crippen LogP contribution in [-0.4, -0.2) is 34.5 Å². The predicted octanol–water partition coefficient (Wildman–Crippen LogP) is 3.78. The second-order valence-electron chi connectivity index (χ2n) is 6.38. The number of aromatic nitrogens is 2. The van der Waals surface area contributed by atoms with Crippen LogP contribution in [0.5, 0.6) is 11.5 Å². The molecule has 0 bridgehead atoms. The van der Waals surface area contributed by atoms with Crippen molar-refractivity contribution in [3.8, 4) is 11.5 Å². The first-order chi connectivity index (χ1) is 13.5. The lowest BCUT2D eigenvalue weighted by atomic mass is 10.2. The minimum absolute atomic E-state index is 0.138. The van der Waals surface area contributed by atoms with E-state index >= 15 is 0 Å². The van der Waals surface area contributed by atoms with Crippen molar-refractivity contribution < 1.29 is 9.47 Å². The zero-order valence-electron chi connectivity index (χ0n) is 16.3. The lowest BCUT2D eigenvalue weighted by Crippen LogP contribution is -2.25. The van der Waals surface area contributed by atoms with E-state index in [0.717, 1.165) is 23.6 Å². The number of pyridine rings is 1. The Morgan fingerprint density at radius 3 is 2.64 bits per heavy atom. The van der Waals surface area contributed by atoms with Gasteiger partial charge < -0.3 is 9.47 Å². The molecule has 0 spiro atoms. The van der Waals surface area contributed by atoms with Gasteiger partial charge in [0.05, 0.1) is 24.4 Å². The Labute approximate surface area is 169 Å². The fourth-order valence-electron chi connectivity index (χ4n) is 3.06. The van der Waals surface area contributed by atoms with Crippen molar-refractivity contribution in [2.24, 2.45) is 0 Å². The van der Waals surface area contributed by atoms with Gasteiger partial charge in [-0.1, -0.05) is 24.6 Å². The van der Waals surface area contributed by atoms with E-state index in [0.29, 0.717) is 36.1 Å². The number of fused-ring (bicyclic) bond motifs is 1. The summed E-state index contributed by atoms with van der Waals surface area (Å²) in [6.07, 6.45) is 1.58. The molecule has 0 radical (unpaired) electrons. The molecule has 7 heteroatoms. The van der Waals surface area contributed by atoms with Crippen LogP contribution in [0.2, 0.25) is 5.02 Å². The summed E-state index contributed by atoms with van der Waals surface area (Å²) in [5.41, 5.74) is 2.28. The summed E-state index contributed by atoms with van der Waals surface area (Å²) in [4.78, 5) is 19.2. The summed E-state index contributed by atoms with van der Waals surface area (Å²) in [7, 11) is 1.64. The van der Waals surface area contributed by atoms with Crippen LogP contribution in [0.4, 0.5) is 0 Å². The fourth-order valence-corrected chi connectivity index (χ4v) is 3.22. The summed E-state index contributed by atoms with van der Waals surface area (Å²) in [6, 6.07) is 11.0. The Morgan fingerprint density at radius 2 is 1.93 bits per heavy atom. The van der Waals surface area contributed by atoms with Crippen molar-refractivity contribution in [3.05, 3.63) is 69.2 Å². The van der Waals surface area contributed by atoms with Crippen LogP contribution in [0.25, 0.3) is 5.65 Å². The zero-order chi connectivity index (χ0) is 20.1. The SMILES string of the molecule is CCOc1ccc(CN(CC)Cc2cc(=O)n3cc(Cl)ccc3n2)cc1OC. The molecule has 0 aliphatic carbocycles. The van der Waals surface area contributed by atoms with E-state index in [1.54, 1.807) is 31.5 Å². The van der Waals surface area contributed by atoms with Gasteiger partial charge in [0.15, 0.2) is 11.5 Å². The third-order valence-electron chi connectivity index (χ3n) is 4.44. The van der Waals surface area contributed by atoms with Crippen molar-refractivity contribution in [2.75, 3.05) is 20.3 Å². The van der Waals surface area contributed by atoms with E-state index in [1.165, 1.54) is 4.40 Å². The topological polar surface area (TPSA) is 56.1 Å². The average Bonchev–Trinajstić information content (AvgIpc) is 2.69. The standard InChI is InChI=1S/C21H24ClN3O3/c1-4-24(12-15-6-8-18(28-5-2)19(10-15)27-3)14-17-11-21(26)25-13-16(22)7-9-20(25)23-17/h6-11,13H,4-5,12,14H2,1-3H3. The molecule has 0 saturated carbocycles. The lowest BCUT2D eigenvalue weighted by Gasteiger charge is -2.21. The number of ether oxygens (including phenoxy) is 2. The summed E-state index contributed by atoms with van der Waals surface area (Å²) in [5, 5.41) is 0.504. The van der Waals surface area contributed by atoms with Gasteiger partial charge in [0.25, 0.3) is 5.56 Å². The Balaban J connectivity index is 1.80. The molecule has 0 saturated heterocycles. The van der Waals surface area contributed by atoms with Gasteiger partial charge in [-0.15, -0.1) is 0 Å². The summed E-state index contributed by atoms with van der Waals surface area (Å²) < 4.78 is 12.5. The molecule has 148 valence electrons. The van der Waals surface area contributed by atoms with Crippen molar-refractivity contribution >= 4 is 17.2 Å². The van der Waals surface area contributed by atoms with E-state index < -0.39 is 0 Å². The van der Waals surface area contributed by atoms with Gasteiger partial charge in [0.2, 0.25) is 0 Å². The molecule has 0 amide bonds. The fraction of sp³-hybridized carbons (Fsp3) is 0.333. The van der Waals surface area contributed by atoms with Crippen LogP contribution in [0, 0.1) is 0 Å². The van der Waals surface area contributed by atoms with Gasteiger partial charge in [-0.05, 0) is 43.3 Å². The Kier molecular flexibility index (Phi) is 6.54. The molecule has 0 aliphatic rings. The number of nitrogens with zero attached hydrogens (tertiary/aromatic N) is 3. The zero-order valence-corrected chi connectivity index (χ0v) is 17.1. The molecular weight excluding hydrogens is 378 g/mol. The Hall–Kier alpha value is -2.57. The van der Waals surface area contributed by atoms with E-state index in [-0.39, 0.29) is 5.56 Å². The van der Waals surface area contributed by atoms with Crippen molar-refractivity contribution in [2.45, 2.75) is 26.9 Å². The van der Waals surface area contributed by atoms with Crippen LogP contribution in [0.3, 0.4) is 0 Å². The molecule has 0 atom stereocenters. The third kappa shape index (κ3) is 4.64. The smallest absolute Gasteiger partial charge is 0.258 e. The summed E-state index contributed by atoms with van der Waals surface area (Å²) in [5.74, 6) is 1.45. The molecule has 0 N–H and O–H groups in total. The van der Waals surface area contributed by atoms with E-state index in [1.807, 2.05) is 25.1 Å². The Morgan fingerprint density at radius 1 is 1.11 bits per heavy atom. The summed E-state index contributed by atoms with van der Waals surface area (Å²) >= 11 is 5.97. The number of halogens is 1. The number of methoxy groups -OCH3 is 1. The first-order valence-electron chi connectivity index (χ1n) is 9.24. The molecule has 6 nitrogen and oxygen atoms in total. The highest BCUT2D eigenvalue weighted by Crippen LogP contribution is 2.28. The summed E-state index contributed by atoms with van der Waals surface area (Å²) in [6.45, 7) is 6.71. The quantitative estimate of drug-likeness (QED) is 0.575. The van der Waals surface area contributed by atoms with Crippen LogP contribution in [0.1, 0.15) is 25.1 Å². The predicted molar refractivity (Wildman–Crippen MR) is 110 cm³/mol. The monoisotopic (exact) mass is 401 g/mol. The number of benzene rings is 1. The first-order valence-corrected chi connectivity index (χ1v) is 9.61. The molecule has 1 aromatic carbocycles. The van der Waals surface area contributed by atoms with Gasteiger partial charge >= 0.3 is 0 Å². The van der Waals surface area contributed by atoms with Gasteiger partial charge in [0.1, 0.15) is 5.65 Å². The maximum Gasteiger partial charge on any atom is 0.258 e. The van der Waals surface area contributed by atoms with Gasteiger partial charge in [-0.2, -0.15) is 0 Å². The van der Waals surface area contributed by atoms with Crippen LogP contribution in [-0.2, 0) is 13.1 Å². The molecule has 0 fully saturated rings. The Bertz CT molecular complexity index is 1020. The number of hydrogen-bond acceptors (Lipinski definition) is 5. The second-order valence-corrected chi connectivity index (χ2v) is 6.82. The van der Waals surface area contributed by atoms with Gasteiger partial charge in [0, 0.05) is 25.4 Å². The molecule has 3 rings (SSSR count). The molecule has 0 aliphatic heterocycles. The minimum atomic E-state index is -0.138. The molecule has 2 aromatic heterocycles. The second kappa shape index (κ2) is 9.08. The average molecular weight is 402 g/mol. The van der Waals surface area contributed by atoms with Crippen LogP contribution >= 0.6 is 11.6 Å². The molecule has 2 heterocycles. The van der Waals surface area contributed by atoms with Crippen molar-refractivity contribution in [3.63, 3.8) is 0 Å². The number of rotatable bonds is 8. The number of hydrogen-bond donors (Lipinski definition) is 0. The van der Waals surface area contributed by atoms with E-state index in [2.05, 4.69) is 16.8 Å². The van der Waals surface area contributed by atoms with Crippen LogP contribution in [0.15, 0.2) is 47.4 Å². The van der Waals surface area contributed by atoms with E-state index in [4.69, 9.17) is 21.1 Å². The van der Waals surface area contributed by atoms with E-state index in [9.17, 15) is 4.79 Å². The molecular formula is C21H24ClN3O3. The highest BCUT2D eigenvalue weighted by atomic mass is 35.5.